The lowest BCUT2D eigenvalue weighted by molar-refractivity contribution is -0.394. The van der Waals surface area contributed by atoms with Gasteiger partial charge in [0.15, 0.2) is 0 Å². The zero-order chi connectivity index (χ0) is 14.9. The van der Waals surface area contributed by atoms with Crippen molar-refractivity contribution < 1.29 is 14.6 Å². The smallest absolute Gasteiger partial charge is 0.146 e. The number of hydrogen-bond acceptors (Lipinski definition) is 4. The van der Waals surface area contributed by atoms with Crippen molar-refractivity contribution in [1.29, 1.82) is 0 Å². The molecule has 0 spiro atoms. The highest BCUT2D eigenvalue weighted by Crippen LogP contribution is 2.45. The van der Waals surface area contributed by atoms with Gasteiger partial charge in [-0.05, 0) is 35.6 Å². The quantitative estimate of drug-likeness (QED) is 0.731. The van der Waals surface area contributed by atoms with Crippen LogP contribution in [0.4, 0.5) is 0 Å². The Morgan fingerprint density at radius 1 is 1.18 bits per heavy atom. The van der Waals surface area contributed by atoms with Gasteiger partial charge < -0.3 is 4.74 Å². The summed E-state index contributed by atoms with van der Waals surface area (Å²) in [5, 5.41) is 1.68. The summed E-state index contributed by atoms with van der Waals surface area (Å²) in [5.41, 5.74) is 5.10. The Kier molecular flexibility index (Phi) is 3.58. The fraction of sp³-hybridized carbons (Fsp3) is 0.333. The third-order valence-corrected chi connectivity index (χ3v) is 4.54. The molecule has 4 heteroatoms. The van der Waals surface area contributed by atoms with Gasteiger partial charge in [0.2, 0.25) is 0 Å². The molecule has 0 amide bonds. The Morgan fingerprint density at radius 2 is 2.05 bits per heavy atom. The maximum atomic E-state index is 5.59. The first kappa shape index (κ1) is 13.8. The highest BCUT2D eigenvalue weighted by atomic mass is 17.3. The van der Waals surface area contributed by atoms with Crippen LogP contribution in [0, 0.1) is 5.92 Å². The van der Waals surface area contributed by atoms with Crippen LogP contribution in [0.2, 0.25) is 0 Å². The molecule has 22 heavy (non-hydrogen) atoms. The second-order valence-corrected chi connectivity index (χ2v) is 5.79. The minimum atomic E-state index is -0.0393. The summed E-state index contributed by atoms with van der Waals surface area (Å²) in [6.45, 7) is 0.375. The van der Waals surface area contributed by atoms with E-state index >= 15 is 0 Å². The zero-order valence-corrected chi connectivity index (χ0v) is 12.6. The number of methoxy groups -OCH3 is 1. The highest BCUT2D eigenvalue weighted by Gasteiger charge is 2.42. The van der Waals surface area contributed by atoms with Gasteiger partial charge in [0.05, 0.1) is 5.70 Å². The molecule has 0 aromatic rings. The maximum Gasteiger partial charge on any atom is 0.146 e. The summed E-state index contributed by atoms with van der Waals surface area (Å²) in [6.07, 6.45) is 19.1. The van der Waals surface area contributed by atoms with E-state index in [2.05, 4.69) is 48.6 Å². The monoisotopic (exact) mass is 297 g/mol. The fourth-order valence-electron chi connectivity index (χ4n) is 3.51. The molecule has 2 unspecified atom stereocenters. The molecule has 4 nitrogen and oxygen atoms in total. The fourth-order valence-corrected chi connectivity index (χ4v) is 3.51. The van der Waals surface area contributed by atoms with Crippen LogP contribution >= 0.6 is 0 Å². The third-order valence-electron chi connectivity index (χ3n) is 4.54. The number of ether oxygens (including phenoxy) is 1. The number of hydrogen-bond donors (Lipinski definition) is 0. The van der Waals surface area contributed by atoms with Gasteiger partial charge in [-0.2, -0.15) is 5.06 Å². The lowest BCUT2D eigenvalue weighted by atomic mass is 9.73. The van der Waals surface area contributed by atoms with Gasteiger partial charge in [-0.1, -0.05) is 42.5 Å². The van der Waals surface area contributed by atoms with Gasteiger partial charge in [0.1, 0.15) is 12.8 Å². The lowest BCUT2D eigenvalue weighted by Gasteiger charge is -2.33. The second-order valence-electron chi connectivity index (χ2n) is 5.79. The first-order valence-electron chi connectivity index (χ1n) is 7.65. The van der Waals surface area contributed by atoms with Crippen molar-refractivity contribution in [2.24, 2.45) is 5.92 Å². The van der Waals surface area contributed by atoms with Crippen molar-refractivity contribution >= 4 is 0 Å². The Bertz CT molecular complexity index is 651. The van der Waals surface area contributed by atoms with Crippen molar-refractivity contribution in [3.05, 3.63) is 71.0 Å². The number of hydroxylamine groups is 2. The van der Waals surface area contributed by atoms with Crippen molar-refractivity contribution in [1.82, 2.24) is 5.06 Å². The van der Waals surface area contributed by atoms with Gasteiger partial charge in [0, 0.05) is 13.0 Å². The summed E-state index contributed by atoms with van der Waals surface area (Å²) < 4.78 is 5.15. The van der Waals surface area contributed by atoms with E-state index in [-0.39, 0.29) is 6.10 Å². The van der Waals surface area contributed by atoms with Crippen LogP contribution in [-0.4, -0.2) is 25.0 Å². The van der Waals surface area contributed by atoms with Crippen molar-refractivity contribution in [3.63, 3.8) is 0 Å². The van der Waals surface area contributed by atoms with Crippen molar-refractivity contribution in [2.75, 3.05) is 13.8 Å². The van der Waals surface area contributed by atoms with E-state index in [0.717, 1.165) is 18.5 Å². The maximum absolute atomic E-state index is 5.59. The predicted molar refractivity (Wildman–Crippen MR) is 83.0 cm³/mol. The molecule has 0 N–H and O–H groups in total. The van der Waals surface area contributed by atoms with Gasteiger partial charge >= 0.3 is 0 Å². The molecule has 1 heterocycles. The largest absolute Gasteiger partial charge is 0.362 e. The van der Waals surface area contributed by atoms with Crippen LogP contribution < -0.4 is 0 Å². The van der Waals surface area contributed by atoms with E-state index < -0.39 is 0 Å². The zero-order valence-electron chi connectivity index (χ0n) is 12.6. The summed E-state index contributed by atoms with van der Waals surface area (Å²) in [7, 11) is 1.65. The molecule has 4 aliphatic rings. The van der Waals surface area contributed by atoms with E-state index in [0.29, 0.717) is 12.6 Å². The van der Waals surface area contributed by atoms with Crippen LogP contribution in [0.3, 0.4) is 0 Å². The molecular formula is C18H19NO3. The van der Waals surface area contributed by atoms with E-state index in [9.17, 15) is 0 Å². The molecule has 1 saturated heterocycles. The molecule has 0 saturated carbocycles. The summed E-state index contributed by atoms with van der Waals surface area (Å²) >= 11 is 0. The van der Waals surface area contributed by atoms with Crippen LogP contribution in [0.1, 0.15) is 12.8 Å². The molecule has 2 atom stereocenters. The molecule has 4 rings (SSSR count). The Hall–Kier alpha value is -1.88. The van der Waals surface area contributed by atoms with Crippen LogP contribution in [0.25, 0.3) is 0 Å². The molecule has 0 radical (unpaired) electrons. The molecule has 1 aliphatic heterocycles. The molecular weight excluding hydrogens is 278 g/mol. The van der Waals surface area contributed by atoms with Gasteiger partial charge in [-0.25, -0.2) is 4.89 Å². The van der Waals surface area contributed by atoms with Gasteiger partial charge in [-0.15, -0.1) is 4.99 Å². The van der Waals surface area contributed by atoms with E-state index in [1.54, 1.807) is 12.2 Å². The van der Waals surface area contributed by atoms with E-state index in [1.165, 1.54) is 16.7 Å². The normalized spacial score (nSPS) is 29.4. The Labute approximate surface area is 130 Å². The van der Waals surface area contributed by atoms with Crippen molar-refractivity contribution in [3.8, 4) is 0 Å². The average molecular weight is 297 g/mol. The molecule has 0 aromatic carbocycles. The lowest BCUT2D eigenvalue weighted by Crippen LogP contribution is -2.31. The van der Waals surface area contributed by atoms with E-state index in [1.807, 2.05) is 0 Å². The minimum Gasteiger partial charge on any atom is -0.362 e. The SMILES string of the molecule is COCN1OOC2C1=CC=C1C3=C(C=CC=CC=C3)CCC12. The summed E-state index contributed by atoms with van der Waals surface area (Å²) in [5.74, 6) is 0.335. The van der Waals surface area contributed by atoms with E-state index in [4.69, 9.17) is 14.6 Å². The first-order chi connectivity index (χ1) is 10.9. The summed E-state index contributed by atoms with van der Waals surface area (Å²) in [4.78, 5) is 10.9. The molecule has 0 bridgehead atoms. The third kappa shape index (κ3) is 2.20. The predicted octanol–water partition coefficient (Wildman–Crippen LogP) is 3.35. The second kappa shape index (κ2) is 5.72. The average Bonchev–Trinajstić information content (AvgIpc) is 2.91. The highest BCUT2D eigenvalue weighted by molar-refractivity contribution is 5.55. The minimum absolute atomic E-state index is 0.0393. The van der Waals surface area contributed by atoms with Crippen molar-refractivity contribution in [2.45, 2.75) is 18.9 Å². The molecule has 0 aromatic heterocycles. The van der Waals surface area contributed by atoms with Gasteiger partial charge in [-0.3, -0.25) is 0 Å². The Balaban J connectivity index is 1.71. The van der Waals surface area contributed by atoms with Crippen LogP contribution in [-0.2, 0) is 14.6 Å². The van der Waals surface area contributed by atoms with Crippen LogP contribution in [0.15, 0.2) is 71.0 Å². The summed E-state index contributed by atoms with van der Waals surface area (Å²) in [6, 6.07) is 0. The Morgan fingerprint density at radius 3 is 2.91 bits per heavy atom. The number of nitrogens with zero attached hydrogens (tertiary/aromatic N) is 1. The molecule has 1 fully saturated rings. The first-order valence-corrected chi connectivity index (χ1v) is 7.65. The van der Waals surface area contributed by atoms with Gasteiger partial charge in [0.25, 0.3) is 0 Å². The number of rotatable bonds is 2. The standard InChI is InChI=1S/C18H19NO3/c1-20-12-19-17-11-10-15-14-7-5-3-2-4-6-13(14)8-9-16(15)18(17)21-22-19/h2-7,10-11,16,18H,8-9,12H2,1H3. The number of fused-ring (bicyclic) bond motifs is 4. The molecule has 114 valence electrons. The molecule has 3 aliphatic carbocycles. The number of allylic oxidation sites excluding steroid dienone is 10. The van der Waals surface area contributed by atoms with Crippen LogP contribution in [0.5, 0.6) is 0 Å². The topological polar surface area (TPSA) is 30.9 Å².